The topological polar surface area (TPSA) is 59.2 Å². The average molecular weight is 247 g/mol. The molecule has 2 aromatic rings. The molecule has 1 fully saturated rings. The van der Waals surface area contributed by atoms with Gasteiger partial charge in [-0.15, -0.1) is 0 Å². The highest BCUT2D eigenvalue weighted by molar-refractivity contribution is 7.22. The van der Waals surface area contributed by atoms with Gasteiger partial charge >= 0.3 is 0 Å². The molecule has 1 atom stereocenters. The number of carbonyl (C=O) groups excluding carboxylic acids is 1. The van der Waals surface area contributed by atoms with Crippen LogP contribution >= 0.6 is 11.3 Å². The van der Waals surface area contributed by atoms with Crippen LogP contribution in [0.15, 0.2) is 24.3 Å². The van der Waals surface area contributed by atoms with Crippen molar-refractivity contribution in [1.82, 2.24) is 4.98 Å². The molecule has 0 spiro atoms. The molecule has 17 heavy (non-hydrogen) atoms. The van der Waals surface area contributed by atoms with Crippen molar-refractivity contribution in [2.45, 2.75) is 6.42 Å². The van der Waals surface area contributed by atoms with E-state index in [2.05, 4.69) is 16.0 Å². The van der Waals surface area contributed by atoms with Crippen molar-refractivity contribution in [3.63, 3.8) is 0 Å². The lowest BCUT2D eigenvalue weighted by Crippen LogP contribution is -2.27. The quantitative estimate of drug-likeness (QED) is 0.877. The first-order chi connectivity index (χ1) is 8.24. The molecule has 2 heterocycles. The maximum absolute atomic E-state index is 11.1. The predicted octanol–water partition coefficient (Wildman–Crippen LogP) is 1.61. The highest BCUT2D eigenvalue weighted by atomic mass is 32.1. The number of carbonyl (C=O) groups is 1. The minimum Gasteiger partial charge on any atom is -0.369 e. The third-order valence-electron chi connectivity index (χ3n) is 3.14. The van der Waals surface area contributed by atoms with Crippen LogP contribution in [-0.4, -0.2) is 24.0 Å². The molecule has 0 bridgehead atoms. The summed E-state index contributed by atoms with van der Waals surface area (Å²) in [4.78, 5) is 17.9. The summed E-state index contributed by atoms with van der Waals surface area (Å²) in [7, 11) is 0. The first-order valence-electron chi connectivity index (χ1n) is 5.64. The molecule has 4 nitrogen and oxygen atoms in total. The SMILES string of the molecule is NC(=O)C1CCN(c2nc3ccccc3s2)C1. The van der Waals surface area contributed by atoms with Crippen molar-refractivity contribution in [3.05, 3.63) is 24.3 Å². The summed E-state index contributed by atoms with van der Waals surface area (Å²) < 4.78 is 1.19. The van der Waals surface area contributed by atoms with Crippen molar-refractivity contribution < 1.29 is 4.79 Å². The van der Waals surface area contributed by atoms with E-state index in [9.17, 15) is 4.79 Å². The second-order valence-corrected chi connectivity index (χ2v) is 5.31. The molecule has 2 N–H and O–H groups in total. The lowest BCUT2D eigenvalue weighted by atomic mass is 10.1. The van der Waals surface area contributed by atoms with E-state index in [0.29, 0.717) is 6.54 Å². The number of primary amides is 1. The lowest BCUT2D eigenvalue weighted by molar-refractivity contribution is -0.121. The fourth-order valence-corrected chi connectivity index (χ4v) is 3.16. The van der Waals surface area contributed by atoms with Gasteiger partial charge in [-0.3, -0.25) is 4.79 Å². The first kappa shape index (κ1) is 10.5. The van der Waals surface area contributed by atoms with Gasteiger partial charge in [-0.05, 0) is 18.6 Å². The number of aromatic nitrogens is 1. The van der Waals surface area contributed by atoms with Gasteiger partial charge in [0.25, 0.3) is 0 Å². The maximum Gasteiger partial charge on any atom is 0.222 e. The molecule has 1 aromatic carbocycles. The number of fused-ring (bicyclic) bond motifs is 1. The van der Waals surface area contributed by atoms with Gasteiger partial charge in [-0.2, -0.15) is 0 Å². The number of thiazole rings is 1. The monoisotopic (exact) mass is 247 g/mol. The smallest absolute Gasteiger partial charge is 0.222 e. The molecule has 1 amide bonds. The van der Waals surface area contributed by atoms with Gasteiger partial charge in [0.1, 0.15) is 0 Å². The average Bonchev–Trinajstić information content (AvgIpc) is 2.95. The third kappa shape index (κ3) is 1.86. The van der Waals surface area contributed by atoms with E-state index in [1.54, 1.807) is 11.3 Å². The number of rotatable bonds is 2. The van der Waals surface area contributed by atoms with E-state index in [1.807, 2.05) is 18.2 Å². The predicted molar refractivity (Wildman–Crippen MR) is 69.1 cm³/mol. The normalized spacial score (nSPS) is 20.0. The summed E-state index contributed by atoms with van der Waals surface area (Å²) >= 11 is 1.67. The summed E-state index contributed by atoms with van der Waals surface area (Å²) in [6, 6.07) is 8.08. The van der Waals surface area contributed by atoms with Crippen LogP contribution in [-0.2, 0) is 4.79 Å². The van der Waals surface area contributed by atoms with E-state index in [-0.39, 0.29) is 11.8 Å². The van der Waals surface area contributed by atoms with E-state index >= 15 is 0 Å². The molecule has 0 aliphatic carbocycles. The van der Waals surface area contributed by atoms with Crippen LogP contribution < -0.4 is 10.6 Å². The highest BCUT2D eigenvalue weighted by Crippen LogP contribution is 2.31. The number of hydrogen-bond acceptors (Lipinski definition) is 4. The number of anilines is 1. The highest BCUT2D eigenvalue weighted by Gasteiger charge is 2.28. The van der Waals surface area contributed by atoms with Crippen molar-refractivity contribution in [2.24, 2.45) is 11.7 Å². The summed E-state index contributed by atoms with van der Waals surface area (Å²) in [5.41, 5.74) is 6.35. The van der Waals surface area contributed by atoms with Crippen molar-refractivity contribution in [3.8, 4) is 0 Å². The molecule has 1 aliphatic heterocycles. The van der Waals surface area contributed by atoms with Crippen LogP contribution in [0.1, 0.15) is 6.42 Å². The van der Waals surface area contributed by atoms with Gasteiger partial charge < -0.3 is 10.6 Å². The molecule has 1 aliphatic rings. The molecule has 0 radical (unpaired) electrons. The van der Waals surface area contributed by atoms with Gasteiger partial charge in [0.15, 0.2) is 5.13 Å². The van der Waals surface area contributed by atoms with Gasteiger partial charge in [-0.25, -0.2) is 4.98 Å². The molecular weight excluding hydrogens is 234 g/mol. The first-order valence-corrected chi connectivity index (χ1v) is 6.45. The van der Waals surface area contributed by atoms with E-state index < -0.39 is 0 Å². The fourth-order valence-electron chi connectivity index (χ4n) is 2.16. The van der Waals surface area contributed by atoms with Crippen LogP contribution in [0.2, 0.25) is 0 Å². The largest absolute Gasteiger partial charge is 0.369 e. The van der Waals surface area contributed by atoms with Crippen LogP contribution in [0.4, 0.5) is 5.13 Å². The summed E-state index contributed by atoms with van der Waals surface area (Å²) in [5, 5.41) is 0.995. The molecule has 5 heteroatoms. The Balaban J connectivity index is 1.87. The maximum atomic E-state index is 11.1. The second kappa shape index (κ2) is 4.00. The van der Waals surface area contributed by atoms with E-state index in [0.717, 1.165) is 23.6 Å². The van der Waals surface area contributed by atoms with Crippen LogP contribution in [0, 0.1) is 5.92 Å². The number of nitrogens with zero attached hydrogens (tertiary/aromatic N) is 2. The zero-order valence-electron chi connectivity index (χ0n) is 9.30. The van der Waals surface area contributed by atoms with Crippen LogP contribution in [0.5, 0.6) is 0 Å². The van der Waals surface area contributed by atoms with Crippen LogP contribution in [0.3, 0.4) is 0 Å². The zero-order valence-corrected chi connectivity index (χ0v) is 10.1. The van der Waals surface area contributed by atoms with Crippen molar-refractivity contribution in [1.29, 1.82) is 0 Å². The lowest BCUT2D eigenvalue weighted by Gasteiger charge is -2.13. The minimum absolute atomic E-state index is 0.0259. The third-order valence-corrected chi connectivity index (χ3v) is 4.24. The Hall–Kier alpha value is -1.62. The standard InChI is InChI=1S/C12H13N3OS/c13-11(16)8-5-6-15(7-8)12-14-9-3-1-2-4-10(9)17-12/h1-4,8H,5-7H2,(H2,13,16). The molecule has 3 rings (SSSR count). The van der Waals surface area contributed by atoms with Gasteiger partial charge in [0.2, 0.25) is 5.91 Å². The Kier molecular flexibility index (Phi) is 2.48. The fraction of sp³-hybridized carbons (Fsp3) is 0.333. The van der Waals surface area contributed by atoms with Gasteiger partial charge in [-0.1, -0.05) is 23.5 Å². The summed E-state index contributed by atoms with van der Waals surface area (Å²) in [5.74, 6) is -0.226. The molecular formula is C12H13N3OS. The molecule has 1 saturated heterocycles. The van der Waals surface area contributed by atoms with E-state index in [4.69, 9.17) is 5.73 Å². The number of para-hydroxylation sites is 1. The Bertz CT molecular complexity index is 533. The molecule has 1 unspecified atom stereocenters. The minimum atomic E-state index is -0.200. The molecule has 1 aromatic heterocycles. The van der Waals surface area contributed by atoms with E-state index in [1.165, 1.54) is 4.70 Å². The van der Waals surface area contributed by atoms with Crippen molar-refractivity contribution in [2.75, 3.05) is 18.0 Å². The number of benzene rings is 1. The van der Waals surface area contributed by atoms with Crippen molar-refractivity contribution >= 4 is 32.6 Å². The second-order valence-electron chi connectivity index (χ2n) is 4.30. The molecule has 88 valence electrons. The summed E-state index contributed by atoms with van der Waals surface area (Å²) in [6.07, 6.45) is 0.839. The molecule has 0 saturated carbocycles. The Morgan fingerprint density at radius 2 is 2.29 bits per heavy atom. The Morgan fingerprint density at radius 1 is 1.47 bits per heavy atom. The zero-order chi connectivity index (χ0) is 11.8. The van der Waals surface area contributed by atoms with Gasteiger partial charge in [0.05, 0.1) is 16.1 Å². The number of hydrogen-bond donors (Lipinski definition) is 1. The number of amides is 1. The Labute approximate surface area is 103 Å². The summed E-state index contributed by atoms with van der Waals surface area (Å²) in [6.45, 7) is 1.57. The van der Waals surface area contributed by atoms with Crippen LogP contribution in [0.25, 0.3) is 10.2 Å². The Morgan fingerprint density at radius 3 is 3.00 bits per heavy atom. The number of nitrogens with two attached hydrogens (primary N) is 1. The van der Waals surface area contributed by atoms with Gasteiger partial charge in [0, 0.05) is 13.1 Å².